The number of ether oxygens (including phenoxy) is 3. The number of thiazole rings is 2. The summed E-state index contributed by atoms with van der Waals surface area (Å²) in [4.78, 5) is 39.5. The van der Waals surface area contributed by atoms with Crippen LogP contribution in [0.1, 0.15) is 0 Å². The fraction of sp³-hybridized carbons (Fsp3) is 0.170. The molecule has 2 aromatic heterocycles. The first-order chi connectivity index (χ1) is 32.7. The molecule has 67 heavy (non-hydrogen) atoms. The Bertz CT molecular complexity index is 2930. The summed E-state index contributed by atoms with van der Waals surface area (Å²) >= 11 is 3.14. The van der Waals surface area contributed by atoms with Crippen LogP contribution in [0.15, 0.2) is 158 Å². The van der Waals surface area contributed by atoms with E-state index in [-0.39, 0.29) is 24.1 Å². The zero-order valence-electron chi connectivity index (χ0n) is 36.3. The number of carboxylic acids is 1. The lowest BCUT2D eigenvalue weighted by molar-refractivity contribution is -0.154. The Labute approximate surface area is 394 Å². The van der Waals surface area contributed by atoms with Gasteiger partial charge in [0.15, 0.2) is 22.5 Å². The van der Waals surface area contributed by atoms with E-state index in [1.165, 1.54) is 31.4 Å². The number of nitrogens with zero attached hydrogens (tertiary/aromatic N) is 4. The van der Waals surface area contributed by atoms with E-state index in [0.717, 1.165) is 75.9 Å². The fourth-order valence-electron chi connectivity index (χ4n) is 7.85. The Morgan fingerprint density at radius 1 is 0.537 bits per heavy atom. The highest BCUT2D eigenvalue weighted by Gasteiger charge is 2.31. The second-order valence-electron chi connectivity index (χ2n) is 15.7. The highest BCUT2D eigenvalue weighted by Crippen LogP contribution is 2.43. The third-order valence-electron chi connectivity index (χ3n) is 11.4. The number of carbonyl (C=O) groups excluding carboxylic acids is 1. The molecule has 1 N–H and O–H groups in total. The number of hydrogen-bond donors (Lipinski definition) is 1. The molecule has 4 heterocycles. The van der Waals surface area contributed by atoms with Crippen LogP contribution in [-0.2, 0) is 23.8 Å². The first-order valence-electron chi connectivity index (χ1n) is 21.6. The molecule has 0 saturated carbocycles. The molecule has 0 radical (unpaired) electrons. The average Bonchev–Trinajstić information content (AvgIpc) is 4.04. The number of morpholine rings is 2. The quantitative estimate of drug-likeness (QED) is 0.133. The number of anilines is 2. The van der Waals surface area contributed by atoms with Gasteiger partial charge in [-0.05, 0) is 57.6 Å². The van der Waals surface area contributed by atoms with Gasteiger partial charge in [0, 0.05) is 24.2 Å². The average molecular weight is 935 g/mol. The minimum Gasteiger partial charge on any atom is -0.479 e. The van der Waals surface area contributed by atoms with Crippen molar-refractivity contribution in [1.29, 1.82) is 0 Å². The second-order valence-corrected chi connectivity index (χ2v) is 17.7. The van der Waals surface area contributed by atoms with E-state index in [9.17, 15) is 23.5 Å². The second kappa shape index (κ2) is 20.6. The summed E-state index contributed by atoms with van der Waals surface area (Å²) in [7, 11) is 1.37. The molecule has 0 spiro atoms. The number of carbonyl (C=O) groups is 2. The molecule has 0 amide bonds. The molecule has 2 atom stereocenters. The molecule has 2 unspecified atom stereocenters. The summed E-state index contributed by atoms with van der Waals surface area (Å²) < 4.78 is 42.4. The Balaban J connectivity index is 0.000000168. The third kappa shape index (κ3) is 10.5. The predicted octanol–water partition coefficient (Wildman–Crippen LogP) is 11.2. The van der Waals surface area contributed by atoms with E-state index < -0.39 is 18.2 Å². The number of carboxylic acid groups (broad SMARTS) is 1. The van der Waals surface area contributed by atoms with Gasteiger partial charge in [0.1, 0.15) is 11.6 Å². The molecule has 0 aliphatic carbocycles. The Morgan fingerprint density at radius 3 is 1.28 bits per heavy atom. The largest absolute Gasteiger partial charge is 0.479 e. The van der Waals surface area contributed by atoms with E-state index in [0.29, 0.717) is 32.8 Å². The van der Waals surface area contributed by atoms with E-state index >= 15 is 0 Å². The molecule has 10 nitrogen and oxygen atoms in total. The summed E-state index contributed by atoms with van der Waals surface area (Å²) in [5.74, 6) is -1.84. The molecule has 0 bridgehead atoms. The van der Waals surface area contributed by atoms with Crippen molar-refractivity contribution >= 4 is 44.9 Å². The molecular formula is C53H44F2N4O6S2. The minimum atomic E-state index is -0.962. The van der Waals surface area contributed by atoms with Crippen LogP contribution in [0.3, 0.4) is 0 Å². The standard InChI is InChI=1S/C27H23FN2O3S.C26H21FN2O3S/c1-32-26(31)23-17-30(15-16-33-23)27-29-24(20-5-3-2-4-6-20)25(34-27)21-9-7-18(8-10-21)19-11-13-22(28)14-12-19;27-21-12-10-18(11-13-21)17-6-8-20(9-7-17)24-23(19-4-2-1-3-5-19)28-26(33-24)29-14-15-32-22(16-29)25(30)31/h2-14,23H,15-17H2,1H3;1-13,22H,14-16H2,(H,30,31). The van der Waals surface area contributed by atoms with Crippen LogP contribution in [0.5, 0.6) is 0 Å². The molecule has 2 fully saturated rings. The summed E-state index contributed by atoms with van der Waals surface area (Å²) in [5, 5.41) is 11.0. The summed E-state index contributed by atoms with van der Waals surface area (Å²) in [5.41, 5.74) is 9.79. The van der Waals surface area contributed by atoms with Crippen molar-refractivity contribution in [2.24, 2.45) is 0 Å². The Morgan fingerprint density at radius 2 is 0.896 bits per heavy atom. The maximum atomic E-state index is 13.3. The smallest absolute Gasteiger partial charge is 0.336 e. The SMILES string of the molecule is COC(=O)C1CN(c2nc(-c3ccccc3)c(-c3ccc(-c4ccc(F)cc4)cc3)s2)CCO1.O=C(O)C1CN(c2nc(-c3ccccc3)c(-c3ccc(-c4ccc(F)cc4)cc3)s2)CCO1. The van der Waals surface area contributed by atoms with Crippen molar-refractivity contribution in [2.75, 3.05) is 56.3 Å². The summed E-state index contributed by atoms with van der Waals surface area (Å²) in [6.07, 6.45) is -1.48. The summed E-state index contributed by atoms with van der Waals surface area (Å²) in [6.45, 7) is 2.69. The van der Waals surface area contributed by atoms with Crippen molar-refractivity contribution in [2.45, 2.75) is 12.2 Å². The van der Waals surface area contributed by atoms with Gasteiger partial charge < -0.3 is 29.1 Å². The molecular weight excluding hydrogens is 891 g/mol. The highest BCUT2D eigenvalue weighted by atomic mass is 32.1. The van der Waals surface area contributed by atoms with Crippen LogP contribution in [-0.4, -0.2) is 85.7 Å². The topological polar surface area (TPSA) is 114 Å². The molecule has 2 aliphatic heterocycles. The maximum Gasteiger partial charge on any atom is 0.336 e. The van der Waals surface area contributed by atoms with Crippen molar-refractivity contribution in [1.82, 2.24) is 9.97 Å². The van der Waals surface area contributed by atoms with Gasteiger partial charge in [-0.25, -0.2) is 28.3 Å². The van der Waals surface area contributed by atoms with Crippen LogP contribution >= 0.6 is 22.7 Å². The molecule has 6 aromatic carbocycles. The third-order valence-corrected chi connectivity index (χ3v) is 13.7. The van der Waals surface area contributed by atoms with Crippen molar-refractivity contribution in [3.8, 4) is 65.6 Å². The zero-order chi connectivity index (χ0) is 46.3. The highest BCUT2D eigenvalue weighted by molar-refractivity contribution is 7.19. The molecule has 8 aromatic rings. The van der Waals surface area contributed by atoms with Gasteiger partial charge in [-0.2, -0.15) is 0 Å². The first-order valence-corrected chi connectivity index (χ1v) is 23.2. The van der Waals surface area contributed by atoms with Crippen molar-refractivity contribution in [3.05, 3.63) is 169 Å². The number of aromatic nitrogens is 2. The number of aliphatic carboxylic acids is 1. The lowest BCUT2D eigenvalue weighted by Gasteiger charge is -2.31. The van der Waals surface area contributed by atoms with E-state index in [1.54, 1.807) is 46.9 Å². The van der Waals surface area contributed by atoms with Gasteiger partial charge in [-0.3, -0.25) is 0 Å². The lowest BCUT2D eigenvalue weighted by Crippen LogP contribution is -2.46. The zero-order valence-corrected chi connectivity index (χ0v) is 37.9. The monoisotopic (exact) mass is 934 g/mol. The van der Waals surface area contributed by atoms with Crippen LogP contribution < -0.4 is 9.80 Å². The fourth-order valence-corrected chi connectivity index (χ4v) is 10.1. The van der Waals surface area contributed by atoms with E-state index in [1.807, 2.05) is 102 Å². The number of esters is 1. The maximum absolute atomic E-state index is 13.3. The normalized spacial score (nSPS) is 15.9. The number of methoxy groups -OCH3 is 1. The Hall–Kier alpha value is -7.10. The minimum absolute atomic E-state index is 0.248. The number of rotatable bonds is 10. The number of benzene rings is 6. The molecule has 2 aliphatic rings. The predicted molar refractivity (Wildman–Crippen MR) is 260 cm³/mol. The van der Waals surface area contributed by atoms with Gasteiger partial charge in [0.25, 0.3) is 0 Å². The summed E-state index contributed by atoms with van der Waals surface area (Å²) in [6, 6.07) is 49.3. The van der Waals surface area contributed by atoms with Crippen molar-refractivity contribution < 1.29 is 37.7 Å². The van der Waals surface area contributed by atoms with Crippen LogP contribution in [0.25, 0.3) is 65.6 Å². The lowest BCUT2D eigenvalue weighted by atomic mass is 10.0. The molecule has 338 valence electrons. The molecule has 2 saturated heterocycles. The molecule has 14 heteroatoms. The van der Waals surface area contributed by atoms with Gasteiger partial charge in [-0.1, -0.05) is 156 Å². The van der Waals surface area contributed by atoms with Gasteiger partial charge >= 0.3 is 11.9 Å². The van der Waals surface area contributed by atoms with Gasteiger partial charge in [-0.15, -0.1) is 0 Å². The molecule has 10 rings (SSSR count). The Kier molecular flexibility index (Phi) is 13.9. The van der Waals surface area contributed by atoms with Crippen LogP contribution in [0.4, 0.5) is 19.0 Å². The first kappa shape index (κ1) is 45.1. The van der Waals surface area contributed by atoms with E-state index in [4.69, 9.17) is 24.2 Å². The van der Waals surface area contributed by atoms with Crippen LogP contribution in [0, 0.1) is 11.6 Å². The van der Waals surface area contributed by atoms with Crippen LogP contribution in [0.2, 0.25) is 0 Å². The number of hydrogen-bond acceptors (Lipinski definition) is 11. The van der Waals surface area contributed by atoms with Gasteiger partial charge in [0.2, 0.25) is 0 Å². The van der Waals surface area contributed by atoms with Gasteiger partial charge in [0.05, 0.1) is 54.6 Å². The van der Waals surface area contributed by atoms with Crippen molar-refractivity contribution in [3.63, 3.8) is 0 Å². The van der Waals surface area contributed by atoms with E-state index in [2.05, 4.69) is 17.0 Å². The number of halogens is 2.